The summed E-state index contributed by atoms with van der Waals surface area (Å²) in [5, 5.41) is 0.604. The highest BCUT2D eigenvalue weighted by Crippen LogP contribution is 2.28. The number of hydrogen-bond donors (Lipinski definition) is 0. The van der Waals surface area contributed by atoms with Crippen LogP contribution >= 0.6 is 11.3 Å². The highest BCUT2D eigenvalue weighted by atomic mass is 32.1. The number of rotatable bonds is 4. The molecule has 0 aliphatic heterocycles. The Labute approximate surface area is 169 Å². The van der Waals surface area contributed by atoms with Crippen LogP contribution in [0.15, 0.2) is 53.5 Å². The summed E-state index contributed by atoms with van der Waals surface area (Å²) < 4.78 is 19.9. The van der Waals surface area contributed by atoms with E-state index in [9.17, 15) is 14.0 Å². The first-order valence-electron chi connectivity index (χ1n) is 8.81. The van der Waals surface area contributed by atoms with E-state index in [1.807, 2.05) is 13.0 Å². The average molecular weight is 409 g/mol. The number of pyridine rings is 1. The van der Waals surface area contributed by atoms with Gasteiger partial charge in [-0.25, -0.2) is 19.2 Å². The van der Waals surface area contributed by atoms with Gasteiger partial charge in [0.15, 0.2) is 0 Å². The summed E-state index contributed by atoms with van der Waals surface area (Å²) in [6.07, 6.45) is 1.64. The number of halogens is 1. The van der Waals surface area contributed by atoms with E-state index in [4.69, 9.17) is 4.74 Å². The van der Waals surface area contributed by atoms with Gasteiger partial charge in [0.25, 0.3) is 5.56 Å². The van der Waals surface area contributed by atoms with Crippen molar-refractivity contribution in [2.75, 3.05) is 0 Å². The van der Waals surface area contributed by atoms with E-state index in [1.54, 1.807) is 31.3 Å². The molecule has 4 rings (SSSR count). The minimum atomic E-state index is -0.542. The van der Waals surface area contributed by atoms with Crippen LogP contribution in [-0.4, -0.2) is 20.3 Å². The van der Waals surface area contributed by atoms with Gasteiger partial charge in [-0.2, -0.15) is 0 Å². The van der Waals surface area contributed by atoms with Crippen molar-refractivity contribution in [1.29, 1.82) is 0 Å². The Balaban J connectivity index is 1.55. The predicted molar refractivity (Wildman–Crippen MR) is 108 cm³/mol. The quantitative estimate of drug-likeness (QED) is 0.478. The third-order valence-corrected chi connectivity index (χ3v) is 5.55. The first-order valence-corrected chi connectivity index (χ1v) is 9.62. The van der Waals surface area contributed by atoms with Crippen LogP contribution in [0.1, 0.15) is 26.6 Å². The van der Waals surface area contributed by atoms with Gasteiger partial charge in [0.2, 0.25) is 0 Å². The average Bonchev–Trinajstić information content (AvgIpc) is 3.09. The molecule has 29 heavy (non-hydrogen) atoms. The monoisotopic (exact) mass is 409 g/mol. The van der Waals surface area contributed by atoms with Gasteiger partial charge in [-0.1, -0.05) is 6.07 Å². The van der Waals surface area contributed by atoms with Crippen molar-refractivity contribution in [3.8, 4) is 10.6 Å². The zero-order valence-electron chi connectivity index (χ0n) is 15.7. The molecule has 3 aromatic heterocycles. The van der Waals surface area contributed by atoms with Gasteiger partial charge in [-0.15, -0.1) is 11.3 Å². The fourth-order valence-corrected chi connectivity index (χ4v) is 3.86. The maximum atomic E-state index is 13.1. The van der Waals surface area contributed by atoms with Crippen LogP contribution in [0, 0.1) is 19.7 Å². The van der Waals surface area contributed by atoms with Gasteiger partial charge in [0, 0.05) is 17.8 Å². The van der Waals surface area contributed by atoms with Crippen molar-refractivity contribution in [3.63, 3.8) is 0 Å². The SMILES string of the molecule is Cc1nc(-c2ccc(F)cc2)sc1C(=O)OCc1cc(=O)n2cccc(C)c2n1. The Morgan fingerprint density at radius 3 is 2.69 bits per heavy atom. The number of ether oxygens (including phenoxy) is 1. The van der Waals surface area contributed by atoms with Gasteiger partial charge < -0.3 is 4.74 Å². The highest BCUT2D eigenvalue weighted by Gasteiger charge is 2.18. The van der Waals surface area contributed by atoms with E-state index >= 15 is 0 Å². The van der Waals surface area contributed by atoms with Crippen molar-refractivity contribution in [2.45, 2.75) is 20.5 Å². The van der Waals surface area contributed by atoms with E-state index in [0.29, 0.717) is 26.9 Å². The van der Waals surface area contributed by atoms with Gasteiger partial charge in [-0.3, -0.25) is 9.20 Å². The normalized spacial score (nSPS) is 11.0. The second kappa shape index (κ2) is 7.56. The lowest BCUT2D eigenvalue weighted by molar-refractivity contribution is 0.0472. The predicted octanol–water partition coefficient (Wildman–Crippen LogP) is 3.93. The Bertz CT molecular complexity index is 1280. The van der Waals surface area contributed by atoms with Crippen LogP contribution in [0.4, 0.5) is 4.39 Å². The van der Waals surface area contributed by atoms with Crippen LogP contribution in [-0.2, 0) is 11.3 Å². The lowest BCUT2D eigenvalue weighted by Crippen LogP contribution is -2.17. The molecule has 146 valence electrons. The largest absolute Gasteiger partial charge is 0.455 e. The van der Waals surface area contributed by atoms with Crippen molar-refractivity contribution in [1.82, 2.24) is 14.4 Å². The Morgan fingerprint density at radius 2 is 1.93 bits per heavy atom. The fourth-order valence-electron chi connectivity index (χ4n) is 2.89. The van der Waals surface area contributed by atoms with E-state index in [2.05, 4.69) is 9.97 Å². The molecule has 0 saturated heterocycles. The number of esters is 1. The number of aryl methyl sites for hydroxylation is 2. The summed E-state index contributed by atoms with van der Waals surface area (Å²) in [6.45, 7) is 3.45. The van der Waals surface area contributed by atoms with Gasteiger partial charge >= 0.3 is 5.97 Å². The summed E-state index contributed by atoms with van der Waals surface area (Å²) in [5.41, 5.74) is 2.76. The third-order valence-electron chi connectivity index (χ3n) is 4.36. The zero-order chi connectivity index (χ0) is 20.5. The van der Waals surface area contributed by atoms with Crippen molar-refractivity contribution in [2.24, 2.45) is 0 Å². The van der Waals surface area contributed by atoms with E-state index in [-0.39, 0.29) is 18.0 Å². The number of hydrogen-bond acceptors (Lipinski definition) is 6. The number of carbonyl (C=O) groups is 1. The fraction of sp³-hybridized carbons (Fsp3) is 0.143. The second-order valence-electron chi connectivity index (χ2n) is 6.49. The number of nitrogens with zero attached hydrogens (tertiary/aromatic N) is 3. The molecule has 0 amide bonds. The van der Waals surface area contributed by atoms with Gasteiger partial charge in [0.05, 0.1) is 11.4 Å². The Kier molecular flexibility index (Phi) is 4.94. The molecular formula is C21H16FN3O3S. The number of aromatic nitrogens is 3. The maximum Gasteiger partial charge on any atom is 0.350 e. The molecule has 3 heterocycles. The Hall–Kier alpha value is -3.39. The molecule has 0 radical (unpaired) electrons. The number of fused-ring (bicyclic) bond motifs is 1. The molecule has 8 heteroatoms. The molecule has 0 aliphatic rings. The molecule has 0 spiro atoms. The number of thiazole rings is 1. The molecule has 0 atom stereocenters. The molecule has 0 N–H and O–H groups in total. The maximum absolute atomic E-state index is 13.1. The molecule has 1 aromatic carbocycles. The molecule has 6 nitrogen and oxygen atoms in total. The first-order chi connectivity index (χ1) is 13.9. The lowest BCUT2D eigenvalue weighted by atomic mass is 10.2. The molecular weight excluding hydrogens is 393 g/mol. The summed E-state index contributed by atoms with van der Waals surface area (Å²) in [6, 6.07) is 10.9. The molecule has 0 aliphatic carbocycles. The molecule has 0 unspecified atom stereocenters. The van der Waals surface area contributed by atoms with E-state index in [1.165, 1.54) is 33.9 Å². The minimum Gasteiger partial charge on any atom is -0.455 e. The lowest BCUT2D eigenvalue weighted by Gasteiger charge is -2.07. The summed E-state index contributed by atoms with van der Waals surface area (Å²) >= 11 is 1.18. The molecule has 4 aromatic rings. The van der Waals surface area contributed by atoms with Gasteiger partial charge in [0.1, 0.15) is 28.0 Å². The van der Waals surface area contributed by atoms with Crippen molar-refractivity contribution < 1.29 is 13.9 Å². The van der Waals surface area contributed by atoms with Crippen LogP contribution in [0.5, 0.6) is 0 Å². The van der Waals surface area contributed by atoms with E-state index < -0.39 is 5.97 Å². The third kappa shape index (κ3) is 3.79. The van der Waals surface area contributed by atoms with Crippen LogP contribution in [0.3, 0.4) is 0 Å². The van der Waals surface area contributed by atoms with Gasteiger partial charge in [-0.05, 0) is 49.7 Å². The summed E-state index contributed by atoms with van der Waals surface area (Å²) in [5.74, 6) is -0.879. The van der Waals surface area contributed by atoms with Crippen LogP contribution in [0.25, 0.3) is 16.2 Å². The summed E-state index contributed by atoms with van der Waals surface area (Å²) in [7, 11) is 0. The number of benzene rings is 1. The molecule has 0 bridgehead atoms. The highest BCUT2D eigenvalue weighted by molar-refractivity contribution is 7.17. The standard InChI is InChI=1S/C21H16FN3O3S/c1-12-4-3-9-25-17(26)10-16(24-19(12)25)11-28-21(27)18-13(2)23-20(29-18)14-5-7-15(22)8-6-14/h3-10H,11H2,1-2H3. The summed E-state index contributed by atoms with van der Waals surface area (Å²) in [4.78, 5) is 33.9. The van der Waals surface area contributed by atoms with Crippen LogP contribution < -0.4 is 5.56 Å². The number of carbonyl (C=O) groups excluding carboxylic acids is 1. The zero-order valence-corrected chi connectivity index (χ0v) is 16.5. The van der Waals surface area contributed by atoms with E-state index in [0.717, 1.165) is 11.1 Å². The van der Waals surface area contributed by atoms with Crippen LogP contribution in [0.2, 0.25) is 0 Å². The van der Waals surface area contributed by atoms with Crippen molar-refractivity contribution in [3.05, 3.63) is 86.7 Å². The Morgan fingerprint density at radius 1 is 1.17 bits per heavy atom. The second-order valence-corrected chi connectivity index (χ2v) is 7.49. The first kappa shape index (κ1) is 18.9. The smallest absolute Gasteiger partial charge is 0.350 e. The molecule has 0 saturated carbocycles. The topological polar surface area (TPSA) is 73.6 Å². The molecule has 0 fully saturated rings. The van der Waals surface area contributed by atoms with Crippen molar-refractivity contribution >= 4 is 23.0 Å². The minimum absolute atomic E-state index is 0.123.